The molecule has 1 aromatic carbocycles. The zero-order valence-electron chi connectivity index (χ0n) is 12.8. The molecule has 0 heterocycles. The molecule has 2 aliphatic rings. The Morgan fingerprint density at radius 2 is 1.82 bits per heavy atom. The van der Waals surface area contributed by atoms with Crippen molar-refractivity contribution in [3.8, 4) is 0 Å². The van der Waals surface area contributed by atoms with Crippen LogP contribution in [-0.2, 0) is 27.5 Å². The Kier molecular flexibility index (Phi) is 4.52. The lowest BCUT2D eigenvalue weighted by Crippen LogP contribution is -2.33. The van der Waals surface area contributed by atoms with Crippen LogP contribution < -0.4 is 5.32 Å². The van der Waals surface area contributed by atoms with Crippen LogP contribution in [0.25, 0.3) is 0 Å². The van der Waals surface area contributed by atoms with Crippen molar-refractivity contribution in [3.63, 3.8) is 0 Å². The average molecular weight is 321 g/mol. The maximum absolute atomic E-state index is 12.4. The van der Waals surface area contributed by atoms with Crippen molar-refractivity contribution in [2.45, 2.75) is 49.8 Å². The quantitative estimate of drug-likeness (QED) is 0.905. The van der Waals surface area contributed by atoms with Gasteiger partial charge >= 0.3 is 0 Å². The minimum absolute atomic E-state index is 0.0154. The molecule has 1 fully saturated rings. The van der Waals surface area contributed by atoms with Crippen molar-refractivity contribution in [1.29, 1.82) is 0 Å². The standard InChI is InChI=1S/C17H23NO3S/c19-17(14-4-1-2-5-14)18-10-11-22(20,21)16-9-8-13-6-3-7-15(13)12-16/h8-9,12,14H,1-7,10-11H2,(H,18,19). The Morgan fingerprint density at radius 1 is 1.09 bits per heavy atom. The van der Waals surface area contributed by atoms with Gasteiger partial charge in [-0.05, 0) is 55.4 Å². The van der Waals surface area contributed by atoms with Crippen molar-refractivity contribution in [1.82, 2.24) is 5.32 Å². The Labute approximate surface area is 132 Å². The number of amides is 1. The summed E-state index contributed by atoms with van der Waals surface area (Å²) in [5.74, 6) is 0.0777. The molecule has 5 heteroatoms. The second-order valence-corrected chi connectivity index (χ2v) is 8.48. The van der Waals surface area contributed by atoms with E-state index in [-0.39, 0.29) is 24.1 Å². The number of rotatable bonds is 5. The molecule has 2 aliphatic carbocycles. The van der Waals surface area contributed by atoms with Gasteiger partial charge in [-0.2, -0.15) is 0 Å². The van der Waals surface area contributed by atoms with Crippen LogP contribution in [0.4, 0.5) is 0 Å². The summed E-state index contributed by atoms with van der Waals surface area (Å²) < 4.78 is 24.8. The number of fused-ring (bicyclic) bond motifs is 1. The number of sulfone groups is 1. The summed E-state index contributed by atoms with van der Waals surface area (Å²) in [4.78, 5) is 12.3. The summed E-state index contributed by atoms with van der Waals surface area (Å²) in [6, 6.07) is 5.46. The highest BCUT2D eigenvalue weighted by Crippen LogP contribution is 2.26. The summed E-state index contributed by atoms with van der Waals surface area (Å²) in [7, 11) is -3.32. The molecule has 0 radical (unpaired) electrons. The highest BCUT2D eigenvalue weighted by Gasteiger charge is 2.23. The van der Waals surface area contributed by atoms with Crippen LogP contribution in [0.1, 0.15) is 43.2 Å². The van der Waals surface area contributed by atoms with Gasteiger partial charge in [0.2, 0.25) is 5.91 Å². The smallest absolute Gasteiger partial charge is 0.223 e. The van der Waals surface area contributed by atoms with Gasteiger partial charge < -0.3 is 5.32 Å². The van der Waals surface area contributed by atoms with Gasteiger partial charge in [-0.25, -0.2) is 8.42 Å². The minimum Gasteiger partial charge on any atom is -0.355 e. The molecule has 1 saturated carbocycles. The van der Waals surface area contributed by atoms with E-state index in [4.69, 9.17) is 0 Å². The zero-order valence-corrected chi connectivity index (χ0v) is 13.6. The number of aryl methyl sites for hydroxylation is 2. The third-order valence-corrected chi connectivity index (χ3v) is 6.54. The van der Waals surface area contributed by atoms with Gasteiger partial charge in [-0.15, -0.1) is 0 Å². The number of carbonyl (C=O) groups excluding carboxylic acids is 1. The van der Waals surface area contributed by atoms with E-state index in [2.05, 4.69) is 5.32 Å². The second-order valence-electron chi connectivity index (χ2n) is 6.38. The topological polar surface area (TPSA) is 63.2 Å². The Bertz CT molecular complexity index is 660. The van der Waals surface area contributed by atoms with Crippen LogP contribution >= 0.6 is 0 Å². The van der Waals surface area contributed by atoms with Crippen molar-refractivity contribution in [2.24, 2.45) is 5.92 Å². The molecule has 120 valence electrons. The molecule has 22 heavy (non-hydrogen) atoms. The fourth-order valence-electron chi connectivity index (χ4n) is 3.50. The van der Waals surface area contributed by atoms with Crippen molar-refractivity contribution in [3.05, 3.63) is 29.3 Å². The lowest BCUT2D eigenvalue weighted by Gasteiger charge is -2.11. The SMILES string of the molecule is O=C(NCCS(=O)(=O)c1ccc2c(c1)CCC2)C1CCCC1. The lowest BCUT2D eigenvalue weighted by atomic mass is 10.1. The van der Waals surface area contributed by atoms with E-state index < -0.39 is 9.84 Å². The van der Waals surface area contributed by atoms with Gasteiger partial charge in [0.05, 0.1) is 10.6 Å². The summed E-state index contributed by atoms with van der Waals surface area (Å²) in [6.07, 6.45) is 7.20. The first-order valence-electron chi connectivity index (χ1n) is 8.18. The largest absolute Gasteiger partial charge is 0.355 e. The van der Waals surface area contributed by atoms with Gasteiger partial charge in [0.15, 0.2) is 9.84 Å². The van der Waals surface area contributed by atoms with E-state index in [1.807, 2.05) is 12.1 Å². The number of benzene rings is 1. The number of hydrogen-bond acceptors (Lipinski definition) is 3. The molecule has 0 unspecified atom stereocenters. The summed E-state index contributed by atoms with van der Waals surface area (Å²) in [6.45, 7) is 0.203. The molecule has 0 aliphatic heterocycles. The molecule has 0 atom stereocenters. The van der Waals surface area contributed by atoms with Crippen LogP contribution in [-0.4, -0.2) is 26.6 Å². The van der Waals surface area contributed by atoms with E-state index in [1.165, 1.54) is 5.56 Å². The monoisotopic (exact) mass is 321 g/mol. The second kappa shape index (κ2) is 6.41. The van der Waals surface area contributed by atoms with Crippen molar-refractivity contribution < 1.29 is 13.2 Å². The Hall–Kier alpha value is -1.36. The van der Waals surface area contributed by atoms with Crippen LogP contribution in [0, 0.1) is 5.92 Å². The summed E-state index contributed by atoms with van der Waals surface area (Å²) in [5.41, 5.74) is 2.43. The highest BCUT2D eigenvalue weighted by molar-refractivity contribution is 7.91. The van der Waals surface area contributed by atoms with Crippen molar-refractivity contribution in [2.75, 3.05) is 12.3 Å². The van der Waals surface area contributed by atoms with E-state index in [0.29, 0.717) is 4.90 Å². The third-order valence-electron chi connectivity index (χ3n) is 4.83. The first-order chi connectivity index (χ1) is 10.6. The maximum Gasteiger partial charge on any atom is 0.223 e. The predicted octanol–water partition coefficient (Wildman–Crippen LogP) is 2.26. The Morgan fingerprint density at radius 3 is 2.59 bits per heavy atom. The number of carbonyl (C=O) groups is 1. The summed E-state index contributed by atoms with van der Waals surface area (Å²) >= 11 is 0. The lowest BCUT2D eigenvalue weighted by molar-refractivity contribution is -0.124. The maximum atomic E-state index is 12.4. The Balaban J connectivity index is 1.58. The molecular weight excluding hydrogens is 298 g/mol. The molecular formula is C17H23NO3S. The molecule has 0 spiro atoms. The van der Waals surface area contributed by atoms with Crippen molar-refractivity contribution >= 4 is 15.7 Å². The molecule has 3 rings (SSSR count). The first kappa shape index (κ1) is 15.5. The first-order valence-corrected chi connectivity index (χ1v) is 9.84. The molecule has 1 N–H and O–H groups in total. The molecule has 4 nitrogen and oxygen atoms in total. The van der Waals surface area contributed by atoms with Gasteiger partial charge in [-0.1, -0.05) is 18.9 Å². The van der Waals surface area contributed by atoms with Crippen LogP contribution in [0.15, 0.2) is 23.1 Å². The molecule has 0 saturated heterocycles. The third kappa shape index (κ3) is 3.35. The molecule has 1 amide bonds. The van der Waals surface area contributed by atoms with Crippen LogP contribution in [0.2, 0.25) is 0 Å². The van der Waals surface area contributed by atoms with E-state index in [0.717, 1.165) is 50.5 Å². The van der Waals surface area contributed by atoms with Gasteiger partial charge in [0, 0.05) is 12.5 Å². The number of hydrogen-bond donors (Lipinski definition) is 1. The van der Waals surface area contributed by atoms with Gasteiger partial charge in [0.25, 0.3) is 0 Å². The van der Waals surface area contributed by atoms with Crippen LogP contribution in [0.5, 0.6) is 0 Å². The highest BCUT2D eigenvalue weighted by atomic mass is 32.2. The minimum atomic E-state index is -3.32. The van der Waals surface area contributed by atoms with Gasteiger partial charge in [0.1, 0.15) is 0 Å². The van der Waals surface area contributed by atoms with E-state index >= 15 is 0 Å². The number of nitrogens with one attached hydrogen (secondary N) is 1. The summed E-state index contributed by atoms with van der Waals surface area (Å²) in [5, 5.41) is 2.78. The molecule has 0 aromatic heterocycles. The fraction of sp³-hybridized carbons (Fsp3) is 0.588. The fourth-order valence-corrected chi connectivity index (χ4v) is 4.70. The normalized spacial score (nSPS) is 18.4. The molecule has 1 aromatic rings. The van der Waals surface area contributed by atoms with E-state index in [1.54, 1.807) is 6.07 Å². The van der Waals surface area contributed by atoms with Crippen LogP contribution in [0.3, 0.4) is 0 Å². The predicted molar refractivity (Wildman–Crippen MR) is 85.5 cm³/mol. The van der Waals surface area contributed by atoms with E-state index in [9.17, 15) is 13.2 Å². The molecule has 0 bridgehead atoms. The zero-order chi connectivity index (χ0) is 15.6. The average Bonchev–Trinajstić information content (AvgIpc) is 3.17. The van der Waals surface area contributed by atoms with Gasteiger partial charge in [-0.3, -0.25) is 4.79 Å².